The molecule has 4 aromatic rings. The molecule has 1 N–H and O–H groups in total. The van der Waals surface area contributed by atoms with Gasteiger partial charge in [0.2, 0.25) is 5.91 Å². The maximum Gasteiger partial charge on any atom is 0.224 e. The zero-order valence-corrected chi connectivity index (χ0v) is 16.8. The third-order valence-corrected chi connectivity index (χ3v) is 5.13. The largest absolute Gasteiger partial charge is 0.441 e. The number of anilines is 1. The lowest BCUT2D eigenvalue weighted by molar-refractivity contribution is -0.116. The Kier molecular flexibility index (Phi) is 5.18. The molecule has 1 aliphatic rings. The van der Waals surface area contributed by atoms with Crippen molar-refractivity contribution in [1.29, 1.82) is 0 Å². The van der Waals surface area contributed by atoms with Gasteiger partial charge >= 0.3 is 0 Å². The van der Waals surface area contributed by atoms with Gasteiger partial charge in [0.25, 0.3) is 0 Å². The monoisotopic (exact) mass is 436 g/mol. The standard InChI is InChI=1S/C22H18F2N6O2/c23-14-3-8-17(18(24)11-14)19-12-25-21(32-19)10-9-20(31)26-15-4-1-13(2-5-15)22-27-28-29-30(22)16-6-7-16/h1-5,8,11-12,16H,6-7,9-10H2,(H,26,31). The van der Waals surface area contributed by atoms with E-state index in [9.17, 15) is 13.6 Å². The zero-order chi connectivity index (χ0) is 22.1. The molecule has 1 amide bonds. The van der Waals surface area contributed by atoms with Crippen LogP contribution >= 0.6 is 0 Å². The molecule has 0 atom stereocenters. The minimum Gasteiger partial charge on any atom is -0.441 e. The van der Waals surface area contributed by atoms with Gasteiger partial charge in [-0.25, -0.2) is 18.4 Å². The van der Waals surface area contributed by atoms with Crippen molar-refractivity contribution >= 4 is 11.6 Å². The smallest absolute Gasteiger partial charge is 0.224 e. The summed E-state index contributed by atoms with van der Waals surface area (Å²) in [6.45, 7) is 0. The van der Waals surface area contributed by atoms with Gasteiger partial charge in [-0.3, -0.25) is 4.79 Å². The number of carbonyl (C=O) groups is 1. The highest BCUT2D eigenvalue weighted by molar-refractivity contribution is 5.91. The lowest BCUT2D eigenvalue weighted by Gasteiger charge is -2.06. The summed E-state index contributed by atoms with van der Waals surface area (Å²) >= 11 is 0. The van der Waals surface area contributed by atoms with E-state index in [1.165, 1.54) is 12.3 Å². The second kappa shape index (κ2) is 8.29. The first-order valence-electron chi connectivity index (χ1n) is 10.1. The summed E-state index contributed by atoms with van der Waals surface area (Å²) in [6, 6.07) is 10.9. The van der Waals surface area contributed by atoms with Crippen LogP contribution in [0.1, 0.15) is 31.2 Å². The molecule has 2 heterocycles. The van der Waals surface area contributed by atoms with Crippen LogP contribution in [0.5, 0.6) is 0 Å². The third-order valence-electron chi connectivity index (χ3n) is 5.13. The van der Waals surface area contributed by atoms with Gasteiger partial charge in [-0.2, -0.15) is 0 Å². The first-order chi connectivity index (χ1) is 15.6. The van der Waals surface area contributed by atoms with Gasteiger partial charge < -0.3 is 9.73 Å². The highest BCUT2D eigenvalue weighted by atomic mass is 19.1. The van der Waals surface area contributed by atoms with E-state index in [-0.39, 0.29) is 30.1 Å². The molecule has 0 aliphatic heterocycles. The molecule has 5 rings (SSSR count). The van der Waals surface area contributed by atoms with Crippen molar-refractivity contribution < 1.29 is 18.0 Å². The Morgan fingerprint density at radius 2 is 1.97 bits per heavy atom. The van der Waals surface area contributed by atoms with Crippen LogP contribution in [0.3, 0.4) is 0 Å². The molecule has 0 bridgehead atoms. The van der Waals surface area contributed by atoms with E-state index in [1.54, 1.807) is 12.1 Å². The number of benzene rings is 2. The maximum absolute atomic E-state index is 13.9. The zero-order valence-electron chi connectivity index (χ0n) is 16.8. The number of carbonyl (C=O) groups excluding carboxylic acids is 1. The van der Waals surface area contributed by atoms with E-state index in [0.29, 0.717) is 23.4 Å². The van der Waals surface area contributed by atoms with Gasteiger partial charge in [0.05, 0.1) is 17.8 Å². The number of halogens is 2. The summed E-state index contributed by atoms with van der Waals surface area (Å²) in [4.78, 5) is 16.4. The molecule has 1 aliphatic carbocycles. The number of nitrogens with zero attached hydrogens (tertiary/aromatic N) is 5. The van der Waals surface area contributed by atoms with Crippen molar-refractivity contribution in [3.05, 3.63) is 66.2 Å². The fourth-order valence-corrected chi connectivity index (χ4v) is 3.33. The van der Waals surface area contributed by atoms with Crippen molar-refractivity contribution in [2.45, 2.75) is 31.7 Å². The average molecular weight is 436 g/mol. The number of aromatic nitrogens is 5. The van der Waals surface area contributed by atoms with Crippen LogP contribution in [0.4, 0.5) is 14.5 Å². The molecule has 2 aromatic carbocycles. The first-order valence-corrected chi connectivity index (χ1v) is 10.1. The van der Waals surface area contributed by atoms with E-state index in [1.807, 2.05) is 16.8 Å². The van der Waals surface area contributed by atoms with Crippen molar-refractivity contribution in [2.75, 3.05) is 5.32 Å². The van der Waals surface area contributed by atoms with Crippen molar-refractivity contribution in [3.63, 3.8) is 0 Å². The lowest BCUT2D eigenvalue weighted by atomic mass is 10.2. The molecule has 0 unspecified atom stereocenters. The van der Waals surface area contributed by atoms with E-state index in [2.05, 4.69) is 25.8 Å². The fourth-order valence-electron chi connectivity index (χ4n) is 3.33. The van der Waals surface area contributed by atoms with E-state index in [4.69, 9.17) is 4.42 Å². The Hall–Kier alpha value is -3.95. The number of rotatable bonds is 7. The fraction of sp³-hybridized carbons (Fsp3) is 0.227. The summed E-state index contributed by atoms with van der Waals surface area (Å²) in [5, 5.41) is 14.7. The van der Waals surface area contributed by atoms with Gasteiger partial charge in [0, 0.05) is 30.2 Å². The topological polar surface area (TPSA) is 98.7 Å². The number of nitrogens with one attached hydrogen (secondary N) is 1. The number of oxazole rings is 1. The second-order valence-corrected chi connectivity index (χ2v) is 7.55. The van der Waals surface area contributed by atoms with Gasteiger partial charge in [0.1, 0.15) is 11.6 Å². The highest BCUT2D eigenvalue weighted by Gasteiger charge is 2.28. The van der Waals surface area contributed by atoms with Gasteiger partial charge in [-0.05, 0) is 59.7 Å². The van der Waals surface area contributed by atoms with Crippen molar-refractivity contribution in [2.24, 2.45) is 0 Å². The minimum atomic E-state index is -0.736. The molecule has 162 valence electrons. The minimum absolute atomic E-state index is 0.113. The number of hydrogen-bond acceptors (Lipinski definition) is 6. The van der Waals surface area contributed by atoms with Gasteiger partial charge in [-0.15, -0.1) is 5.10 Å². The number of aryl methyl sites for hydroxylation is 1. The van der Waals surface area contributed by atoms with Crippen LogP contribution < -0.4 is 5.32 Å². The summed E-state index contributed by atoms with van der Waals surface area (Å²) in [6.07, 6.45) is 3.89. The Morgan fingerprint density at radius 3 is 2.72 bits per heavy atom. The molecule has 0 saturated heterocycles. The SMILES string of the molecule is O=C(CCc1ncc(-c2ccc(F)cc2F)o1)Nc1ccc(-c2nnnn2C2CC2)cc1. The molecule has 1 saturated carbocycles. The van der Waals surface area contributed by atoms with E-state index < -0.39 is 11.6 Å². The molecule has 10 heteroatoms. The summed E-state index contributed by atoms with van der Waals surface area (Å²) in [5.41, 5.74) is 1.63. The Bertz CT molecular complexity index is 1260. The molecular formula is C22H18F2N6O2. The second-order valence-electron chi connectivity index (χ2n) is 7.55. The quantitative estimate of drug-likeness (QED) is 0.467. The molecule has 0 spiro atoms. The van der Waals surface area contributed by atoms with E-state index >= 15 is 0 Å². The molecular weight excluding hydrogens is 418 g/mol. The summed E-state index contributed by atoms with van der Waals surface area (Å²) in [5.74, 6) is -0.434. The molecule has 32 heavy (non-hydrogen) atoms. The first kappa shape index (κ1) is 20.0. The normalized spacial score (nSPS) is 13.3. The molecule has 1 fully saturated rings. The number of tetrazole rings is 1. The van der Waals surface area contributed by atoms with Crippen molar-refractivity contribution in [3.8, 4) is 22.7 Å². The Balaban J connectivity index is 1.18. The average Bonchev–Trinajstić information content (AvgIpc) is 3.31. The lowest BCUT2D eigenvalue weighted by Crippen LogP contribution is -2.12. The third kappa shape index (κ3) is 4.25. The molecule has 8 nitrogen and oxygen atoms in total. The predicted octanol–water partition coefficient (Wildman–Crippen LogP) is 4.18. The van der Waals surface area contributed by atoms with Crippen LogP contribution in [0.2, 0.25) is 0 Å². The highest BCUT2D eigenvalue weighted by Crippen LogP contribution is 2.36. The van der Waals surface area contributed by atoms with E-state index in [0.717, 1.165) is 30.5 Å². The summed E-state index contributed by atoms with van der Waals surface area (Å²) < 4.78 is 34.3. The van der Waals surface area contributed by atoms with Crippen LogP contribution in [-0.2, 0) is 11.2 Å². The molecule has 0 radical (unpaired) electrons. The van der Waals surface area contributed by atoms with Gasteiger partial charge in [-0.1, -0.05) is 0 Å². The summed E-state index contributed by atoms with van der Waals surface area (Å²) in [7, 11) is 0. The van der Waals surface area contributed by atoms with Crippen LogP contribution in [0.25, 0.3) is 22.7 Å². The van der Waals surface area contributed by atoms with Crippen LogP contribution in [-0.4, -0.2) is 31.1 Å². The number of hydrogen-bond donors (Lipinski definition) is 1. The van der Waals surface area contributed by atoms with Gasteiger partial charge in [0.15, 0.2) is 17.5 Å². The Morgan fingerprint density at radius 1 is 1.16 bits per heavy atom. The Labute approximate surface area is 181 Å². The number of amides is 1. The van der Waals surface area contributed by atoms with Crippen LogP contribution in [0.15, 0.2) is 53.1 Å². The molecule has 2 aromatic heterocycles. The maximum atomic E-state index is 13.9. The van der Waals surface area contributed by atoms with Crippen LogP contribution in [0, 0.1) is 11.6 Å². The van der Waals surface area contributed by atoms with Crippen molar-refractivity contribution in [1.82, 2.24) is 25.2 Å². The predicted molar refractivity (Wildman–Crippen MR) is 110 cm³/mol.